The van der Waals surface area contributed by atoms with Gasteiger partial charge in [0.15, 0.2) is 0 Å². The summed E-state index contributed by atoms with van der Waals surface area (Å²) in [7, 11) is 0. The molecule has 96 valence electrons. The largest absolute Gasteiger partial charge is 0.323 e. The van der Waals surface area contributed by atoms with E-state index in [1.54, 1.807) is 17.5 Å². The van der Waals surface area contributed by atoms with Gasteiger partial charge in [0.05, 0.1) is 5.52 Å². The Kier molecular flexibility index (Phi) is 3.35. The maximum absolute atomic E-state index is 5.89. The van der Waals surface area contributed by atoms with Crippen molar-refractivity contribution in [3.05, 3.63) is 46.0 Å². The SMILES string of the molecule is CC(N)c1cnc(-c2ccc(Br)c3cccnc23)s1. The Labute approximate surface area is 123 Å². The highest BCUT2D eigenvalue weighted by Crippen LogP contribution is 2.34. The average Bonchev–Trinajstić information content (AvgIpc) is 2.89. The molecule has 3 rings (SSSR count). The molecule has 2 heterocycles. The molecule has 3 aromatic rings. The van der Waals surface area contributed by atoms with E-state index in [0.717, 1.165) is 30.8 Å². The molecule has 2 aromatic heterocycles. The van der Waals surface area contributed by atoms with Gasteiger partial charge in [0.25, 0.3) is 0 Å². The van der Waals surface area contributed by atoms with Crippen molar-refractivity contribution in [3.8, 4) is 10.6 Å². The van der Waals surface area contributed by atoms with Crippen molar-refractivity contribution in [2.75, 3.05) is 0 Å². The smallest absolute Gasteiger partial charge is 0.125 e. The van der Waals surface area contributed by atoms with Gasteiger partial charge in [0, 0.05) is 38.7 Å². The highest BCUT2D eigenvalue weighted by molar-refractivity contribution is 9.10. The standard InChI is InChI=1S/C14H12BrN3S/c1-8(16)12-7-18-14(19-12)10-4-5-11(15)9-3-2-6-17-13(9)10/h2-8H,16H2,1H3. The second-order valence-electron chi connectivity index (χ2n) is 4.35. The van der Waals surface area contributed by atoms with E-state index in [1.165, 1.54) is 0 Å². The third-order valence-corrected chi connectivity index (χ3v) is 4.84. The van der Waals surface area contributed by atoms with Crippen LogP contribution < -0.4 is 5.73 Å². The van der Waals surface area contributed by atoms with Gasteiger partial charge in [-0.1, -0.05) is 22.0 Å². The van der Waals surface area contributed by atoms with Gasteiger partial charge in [-0.3, -0.25) is 4.98 Å². The number of pyridine rings is 1. The number of nitrogens with two attached hydrogens (primary N) is 1. The Morgan fingerprint density at radius 3 is 2.84 bits per heavy atom. The zero-order chi connectivity index (χ0) is 13.4. The first-order valence-corrected chi connectivity index (χ1v) is 7.52. The van der Waals surface area contributed by atoms with Crippen LogP contribution in [0.1, 0.15) is 17.8 Å². The van der Waals surface area contributed by atoms with Crippen LogP contribution in [0.5, 0.6) is 0 Å². The van der Waals surface area contributed by atoms with Crippen molar-refractivity contribution in [1.82, 2.24) is 9.97 Å². The molecule has 1 aromatic carbocycles. The Balaban J connectivity index is 2.22. The zero-order valence-corrected chi connectivity index (χ0v) is 12.7. The molecule has 0 radical (unpaired) electrons. The summed E-state index contributed by atoms with van der Waals surface area (Å²) in [5.41, 5.74) is 7.90. The molecule has 3 nitrogen and oxygen atoms in total. The summed E-state index contributed by atoms with van der Waals surface area (Å²) in [6, 6.07) is 8.08. The van der Waals surface area contributed by atoms with Gasteiger partial charge >= 0.3 is 0 Å². The minimum atomic E-state index is 0.0147. The van der Waals surface area contributed by atoms with Gasteiger partial charge in [-0.05, 0) is 25.1 Å². The summed E-state index contributed by atoms with van der Waals surface area (Å²) in [5.74, 6) is 0. The lowest BCUT2D eigenvalue weighted by atomic mass is 10.1. The Hall–Kier alpha value is -1.30. The molecule has 0 fully saturated rings. The minimum absolute atomic E-state index is 0.0147. The predicted molar refractivity (Wildman–Crippen MR) is 83.2 cm³/mol. The fourth-order valence-corrected chi connectivity index (χ4v) is 3.28. The molecule has 0 amide bonds. The van der Waals surface area contributed by atoms with Gasteiger partial charge < -0.3 is 5.73 Å². The highest BCUT2D eigenvalue weighted by atomic mass is 79.9. The molecule has 0 spiro atoms. The summed E-state index contributed by atoms with van der Waals surface area (Å²) >= 11 is 5.18. The van der Waals surface area contributed by atoms with E-state index in [-0.39, 0.29) is 6.04 Å². The van der Waals surface area contributed by atoms with Crippen molar-refractivity contribution in [3.63, 3.8) is 0 Å². The molecule has 2 N–H and O–H groups in total. The van der Waals surface area contributed by atoms with Crippen LogP contribution in [0.25, 0.3) is 21.5 Å². The predicted octanol–water partition coefficient (Wildman–Crippen LogP) is 4.14. The fourth-order valence-electron chi connectivity index (χ4n) is 1.93. The van der Waals surface area contributed by atoms with E-state index in [0.29, 0.717) is 0 Å². The van der Waals surface area contributed by atoms with Crippen LogP contribution in [0.4, 0.5) is 0 Å². The Bertz CT molecular complexity index is 736. The molecule has 0 aliphatic rings. The fraction of sp³-hybridized carbons (Fsp3) is 0.143. The van der Waals surface area contributed by atoms with Crippen molar-refractivity contribution in [2.24, 2.45) is 5.73 Å². The number of nitrogens with zero attached hydrogens (tertiary/aromatic N) is 2. The van der Waals surface area contributed by atoms with Crippen LogP contribution in [0, 0.1) is 0 Å². The molecule has 0 aliphatic carbocycles. The lowest BCUT2D eigenvalue weighted by Gasteiger charge is -2.04. The molecule has 0 bridgehead atoms. The molecule has 1 atom stereocenters. The van der Waals surface area contributed by atoms with Gasteiger partial charge in [-0.15, -0.1) is 11.3 Å². The van der Waals surface area contributed by atoms with Gasteiger partial charge in [-0.2, -0.15) is 0 Å². The number of benzene rings is 1. The van der Waals surface area contributed by atoms with Gasteiger partial charge in [0.2, 0.25) is 0 Å². The quantitative estimate of drug-likeness (QED) is 0.766. The number of hydrogen-bond acceptors (Lipinski definition) is 4. The summed E-state index contributed by atoms with van der Waals surface area (Å²) < 4.78 is 1.04. The second-order valence-corrected chi connectivity index (χ2v) is 6.27. The first-order chi connectivity index (χ1) is 9.16. The summed E-state index contributed by atoms with van der Waals surface area (Å²) in [6.45, 7) is 1.97. The molecule has 1 unspecified atom stereocenters. The monoisotopic (exact) mass is 333 g/mol. The highest BCUT2D eigenvalue weighted by Gasteiger charge is 2.12. The molecular formula is C14H12BrN3S. The van der Waals surface area contributed by atoms with E-state index in [4.69, 9.17) is 5.73 Å². The number of aromatic nitrogens is 2. The topological polar surface area (TPSA) is 51.8 Å². The van der Waals surface area contributed by atoms with Crippen molar-refractivity contribution in [2.45, 2.75) is 13.0 Å². The maximum atomic E-state index is 5.89. The van der Waals surface area contributed by atoms with Crippen LogP contribution in [-0.2, 0) is 0 Å². The first-order valence-electron chi connectivity index (χ1n) is 5.91. The van der Waals surface area contributed by atoms with Crippen molar-refractivity contribution in [1.29, 1.82) is 0 Å². The minimum Gasteiger partial charge on any atom is -0.323 e. The number of halogens is 1. The van der Waals surface area contributed by atoms with E-state index in [2.05, 4.69) is 32.0 Å². The van der Waals surface area contributed by atoms with E-state index < -0.39 is 0 Å². The maximum Gasteiger partial charge on any atom is 0.125 e. The van der Waals surface area contributed by atoms with Crippen LogP contribution in [0.15, 0.2) is 41.1 Å². The van der Waals surface area contributed by atoms with Crippen LogP contribution in [-0.4, -0.2) is 9.97 Å². The third kappa shape index (κ3) is 2.29. The normalized spacial score (nSPS) is 12.8. The van der Waals surface area contributed by atoms with E-state index in [9.17, 15) is 0 Å². The van der Waals surface area contributed by atoms with Gasteiger partial charge in [0.1, 0.15) is 5.01 Å². The van der Waals surface area contributed by atoms with Gasteiger partial charge in [-0.25, -0.2) is 4.98 Å². The van der Waals surface area contributed by atoms with Crippen LogP contribution in [0.3, 0.4) is 0 Å². The van der Waals surface area contributed by atoms with E-state index in [1.807, 2.05) is 31.3 Å². The van der Waals surface area contributed by atoms with Crippen LogP contribution >= 0.6 is 27.3 Å². The molecule has 19 heavy (non-hydrogen) atoms. The summed E-state index contributed by atoms with van der Waals surface area (Å²) in [6.07, 6.45) is 3.65. The third-order valence-electron chi connectivity index (χ3n) is 2.92. The molecule has 0 saturated carbocycles. The van der Waals surface area contributed by atoms with Crippen molar-refractivity contribution >= 4 is 38.2 Å². The molecular weight excluding hydrogens is 322 g/mol. The number of rotatable bonds is 2. The number of thiazole rings is 1. The second kappa shape index (κ2) is 5.00. The lowest BCUT2D eigenvalue weighted by molar-refractivity contribution is 0.835. The summed E-state index contributed by atoms with van der Waals surface area (Å²) in [5, 5.41) is 2.06. The zero-order valence-electron chi connectivity index (χ0n) is 10.3. The Morgan fingerprint density at radius 1 is 1.26 bits per heavy atom. The van der Waals surface area contributed by atoms with Crippen molar-refractivity contribution < 1.29 is 0 Å². The molecule has 5 heteroatoms. The lowest BCUT2D eigenvalue weighted by Crippen LogP contribution is -2.01. The number of hydrogen-bond donors (Lipinski definition) is 1. The molecule has 0 aliphatic heterocycles. The summed E-state index contributed by atoms with van der Waals surface area (Å²) in [4.78, 5) is 10.0. The average molecular weight is 334 g/mol. The Morgan fingerprint density at radius 2 is 2.11 bits per heavy atom. The first kappa shape index (κ1) is 12.7. The van der Waals surface area contributed by atoms with Crippen LogP contribution in [0.2, 0.25) is 0 Å². The number of fused-ring (bicyclic) bond motifs is 1. The molecule has 0 saturated heterocycles. The van der Waals surface area contributed by atoms with E-state index >= 15 is 0 Å².